The number of H-pyrrole nitrogens is 1. The van der Waals surface area contributed by atoms with Gasteiger partial charge >= 0.3 is 0 Å². The molecular weight excluding hydrogens is 222 g/mol. The Balaban J connectivity index is 2.18. The zero-order valence-electron chi connectivity index (χ0n) is 9.69. The molecule has 1 aliphatic rings. The molecular formula is C13H14F2N2. The minimum absolute atomic E-state index is 0.313. The van der Waals surface area contributed by atoms with Gasteiger partial charge < -0.3 is 4.98 Å². The molecule has 0 saturated heterocycles. The third-order valence-electron chi connectivity index (χ3n) is 3.57. The Kier molecular flexibility index (Phi) is 2.40. The number of nitrogens with one attached hydrogen (secondary N) is 1. The van der Waals surface area contributed by atoms with Crippen LogP contribution in [0.25, 0.3) is 10.9 Å². The third-order valence-corrected chi connectivity index (χ3v) is 3.57. The number of benzene rings is 1. The quantitative estimate of drug-likeness (QED) is 0.806. The molecule has 3 rings (SSSR count). The molecule has 0 aliphatic carbocycles. The highest BCUT2D eigenvalue weighted by atomic mass is 19.2. The van der Waals surface area contributed by atoms with Gasteiger partial charge in [0.1, 0.15) is 0 Å². The predicted octanol–water partition coefficient (Wildman–Crippen LogP) is 2.82. The number of fused-ring (bicyclic) bond motifs is 3. The second-order valence-corrected chi connectivity index (χ2v) is 4.48. The van der Waals surface area contributed by atoms with Crippen LogP contribution in [-0.2, 0) is 13.0 Å². The molecule has 1 aromatic carbocycles. The average Bonchev–Trinajstić information content (AvgIpc) is 2.72. The summed E-state index contributed by atoms with van der Waals surface area (Å²) in [5.41, 5.74) is 2.48. The fourth-order valence-electron chi connectivity index (χ4n) is 2.58. The van der Waals surface area contributed by atoms with Crippen molar-refractivity contribution in [2.75, 3.05) is 13.1 Å². The summed E-state index contributed by atoms with van der Waals surface area (Å²) in [5, 5.41) is 0.828. The average molecular weight is 236 g/mol. The van der Waals surface area contributed by atoms with Crippen LogP contribution in [-0.4, -0.2) is 23.0 Å². The van der Waals surface area contributed by atoms with Gasteiger partial charge in [-0.25, -0.2) is 8.78 Å². The summed E-state index contributed by atoms with van der Waals surface area (Å²) >= 11 is 0. The minimum atomic E-state index is -0.788. The molecule has 0 atom stereocenters. The van der Waals surface area contributed by atoms with E-state index in [1.54, 1.807) is 6.07 Å². The number of nitrogens with zero attached hydrogens (tertiary/aromatic N) is 1. The van der Waals surface area contributed by atoms with Crippen LogP contribution in [0.2, 0.25) is 0 Å². The van der Waals surface area contributed by atoms with Crippen LogP contribution in [0.5, 0.6) is 0 Å². The van der Waals surface area contributed by atoms with Gasteiger partial charge in [0.05, 0.1) is 5.52 Å². The molecule has 1 aliphatic heterocycles. The first-order chi connectivity index (χ1) is 8.20. The number of halogens is 2. The molecule has 2 nitrogen and oxygen atoms in total. The predicted molar refractivity (Wildman–Crippen MR) is 62.9 cm³/mol. The molecule has 0 radical (unpaired) electrons. The maximum absolute atomic E-state index is 13.6. The van der Waals surface area contributed by atoms with E-state index in [9.17, 15) is 8.78 Å². The van der Waals surface area contributed by atoms with E-state index in [0.717, 1.165) is 42.7 Å². The van der Waals surface area contributed by atoms with Crippen molar-refractivity contribution in [3.8, 4) is 0 Å². The highest BCUT2D eigenvalue weighted by molar-refractivity contribution is 5.85. The number of aromatic amines is 1. The Hall–Kier alpha value is -1.42. The first-order valence-corrected chi connectivity index (χ1v) is 5.90. The molecule has 0 saturated carbocycles. The van der Waals surface area contributed by atoms with Crippen molar-refractivity contribution < 1.29 is 8.78 Å². The van der Waals surface area contributed by atoms with E-state index in [2.05, 4.69) is 16.8 Å². The van der Waals surface area contributed by atoms with Crippen molar-refractivity contribution >= 4 is 10.9 Å². The number of hydrogen-bond acceptors (Lipinski definition) is 1. The standard InChI is InChI=1S/C13H14F2N2/c1-2-17-6-5-8-9-3-4-10(14)12(15)13(9)16-11(8)7-17/h3-4,16H,2,5-7H2,1H3. The molecule has 90 valence electrons. The van der Waals surface area contributed by atoms with Crippen molar-refractivity contribution in [1.82, 2.24) is 9.88 Å². The van der Waals surface area contributed by atoms with Crippen molar-refractivity contribution in [3.05, 3.63) is 35.0 Å². The molecule has 0 bridgehead atoms. The molecule has 17 heavy (non-hydrogen) atoms. The fourth-order valence-corrected chi connectivity index (χ4v) is 2.58. The summed E-state index contributed by atoms with van der Waals surface area (Å²) in [6, 6.07) is 2.88. The number of aromatic nitrogens is 1. The highest BCUT2D eigenvalue weighted by Crippen LogP contribution is 2.29. The van der Waals surface area contributed by atoms with Gasteiger partial charge in [0.2, 0.25) is 0 Å². The topological polar surface area (TPSA) is 19.0 Å². The lowest BCUT2D eigenvalue weighted by molar-refractivity contribution is 0.266. The van der Waals surface area contributed by atoms with Gasteiger partial charge in [0.25, 0.3) is 0 Å². The minimum Gasteiger partial charge on any atom is -0.355 e. The van der Waals surface area contributed by atoms with Crippen molar-refractivity contribution in [2.24, 2.45) is 0 Å². The van der Waals surface area contributed by atoms with Crippen LogP contribution < -0.4 is 0 Å². The normalized spacial score (nSPS) is 16.4. The summed E-state index contributed by atoms with van der Waals surface area (Å²) in [4.78, 5) is 5.32. The molecule has 2 aromatic rings. The van der Waals surface area contributed by atoms with E-state index >= 15 is 0 Å². The van der Waals surface area contributed by atoms with Crippen LogP contribution in [0.3, 0.4) is 0 Å². The molecule has 0 spiro atoms. The maximum Gasteiger partial charge on any atom is 0.182 e. The van der Waals surface area contributed by atoms with Gasteiger partial charge in [-0.1, -0.05) is 6.92 Å². The van der Waals surface area contributed by atoms with Crippen LogP contribution in [0, 0.1) is 11.6 Å². The first kappa shape index (κ1) is 10.7. The second kappa shape index (κ2) is 3.81. The van der Waals surface area contributed by atoms with Crippen LogP contribution in [0.1, 0.15) is 18.2 Å². The lowest BCUT2D eigenvalue weighted by Crippen LogP contribution is -2.29. The number of rotatable bonds is 1. The lowest BCUT2D eigenvalue weighted by atomic mass is 10.0. The Labute approximate surface area is 98.2 Å². The third kappa shape index (κ3) is 1.55. The number of likely N-dealkylation sites (N-methyl/N-ethyl adjacent to an activating group) is 1. The molecule has 1 N–H and O–H groups in total. The van der Waals surface area contributed by atoms with Gasteiger partial charge in [-0.2, -0.15) is 0 Å². The summed E-state index contributed by atoms with van der Waals surface area (Å²) in [7, 11) is 0. The molecule has 2 heterocycles. The van der Waals surface area contributed by atoms with Crippen LogP contribution in [0.4, 0.5) is 8.78 Å². The van der Waals surface area contributed by atoms with Crippen molar-refractivity contribution in [1.29, 1.82) is 0 Å². The van der Waals surface area contributed by atoms with Crippen LogP contribution >= 0.6 is 0 Å². The van der Waals surface area contributed by atoms with Crippen LogP contribution in [0.15, 0.2) is 12.1 Å². The van der Waals surface area contributed by atoms with Crippen molar-refractivity contribution in [3.63, 3.8) is 0 Å². The first-order valence-electron chi connectivity index (χ1n) is 5.90. The second-order valence-electron chi connectivity index (χ2n) is 4.48. The van der Waals surface area contributed by atoms with E-state index in [0.29, 0.717) is 5.52 Å². The van der Waals surface area contributed by atoms with Gasteiger partial charge in [-0.3, -0.25) is 4.90 Å². The van der Waals surface area contributed by atoms with E-state index in [-0.39, 0.29) is 0 Å². The Morgan fingerprint density at radius 1 is 1.35 bits per heavy atom. The Bertz CT molecular complexity index is 574. The number of hydrogen-bond donors (Lipinski definition) is 1. The monoisotopic (exact) mass is 236 g/mol. The SMILES string of the molecule is CCN1CCc2c([nH]c3c(F)c(F)ccc23)C1. The summed E-state index contributed by atoms with van der Waals surface area (Å²) in [6.45, 7) is 4.86. The summed E-state index contributed by atoms with van der Waals surface area (Å²) in [6.07, 6.45) is 0.897. The van der Waals surface area contributed by atoms with Gasteiger partial charge in [-0.15, -0.1) is 0 Å². The Morgan fingerprint density at radius 3 is 2.94 bits per heavy atom. The van der Waals surface area contributed by atoms with Crippen molar-refractivity contribution in [2.45, 2.75) is 19.9 Å². The molecule has 0 unspecified atom stereocenters. The lowest BCUT2D eigenvalue weighted by Gasteiger charge is -2.25. The Morgan fingerprint density at radius 2 is 2.18 bits per heavy atom. The zero-order valence-corrected chi connectivity index (χ0v) is 9.69. The molecule has 0 amide bonds. The zero-order chi connectivity index (χ0) is 12.0. The van der Waals surface area contributed by atoms with E-state index in [4.69, 9.17) is 0 Å². The van der Waals surface area contributed by atoms with Gasteiger partial charge in [0, 0.05) is 24.2 Å². The summed E-state index contributed by atoms with van der Waals surface area (Å²) in [5.74, 6) is -1.55. The highest BCUT2D eigenvalue weighted by Gasteiger charge is 2.21. The van der Waals surface area contributed by atoms with E-state index < -0.39 is 11.6 Å². The maximum atomic E-state index is 13.6. The molecule has 0 fully saturated rings. The largest absolute Gasteiger partial charge is 0.355 e. The fraction of sp³-hybridized carbons (Fsp3) is 0.385. The molecule has 1 aromatic heterocycles. The van der Waals surface area contributed by atoms with E-state index in [1.807, 2.05) is 0 Å². The smallest absolute Gasteiger partial charge is 0.182 e. The summed E-state index contributed by atoms with van der Waals surface area (Å²) < 4.78 is 26.8. The molecule has 4 heteroatoms. The van der Waals surface area contributed by atoms with Gasteiger partial charge in [0.15, 0.2) is 11.6 Å². The van der Waals surface area contributed by atoms with E-state index in [1.165, 1.54) is 6.07 Å². The van der Waals surface area contributed by atoms with Gasteiger partial charge in [-0.05, 0) is 30.7 Å².